The SMILES string of the molecule is Cc1ccc(NC(=O)[C@@H]2CC(=O)N(c3cccc(-c4noc(C5CCC5)n4)c3)C2)cc1Cl. The Balaban J connectivity index is 1.29. The molecule has 8 heteroatoms. The van der Waals surface area contributed by atoms with Crippen LogP contribution in [-0.2, 0) is 9.59 Å². The zero-order valence-corrected chi connectivity index (χ0v) is 18.4. The molecule has 0 spiro atoms. The predicted molar refractivity (Wildman–Crippen MR) is 122 cm³/mol. The van der Waals surface area contributed by atoms with Crippen LogP contribution in [0.25, 0.3) is 11.4 Å². The Hall–Kier alpha value is -3.19. The van der Waals surface area contributed by atoms with Crippen molar-refractivity contribution < 1.29 is 14.1 Å². The van der Waals surface area contributed by atoms with Crippen LogP contribution in [0.15, 0.2) is 47.0 Å². The summed E-state index contributed by atoms with van der Waals surface area (Å²) in [7, 11) is 0. The van der Waals surface area contributed by atoms with Crippen LogP contribution in [0.3, 0.4) is 0 Å². The fraction of sp³-hybridized carbons (Fsp3) is 0.333. The lowest BCUT2D eigenvalue weighted by Crippen LogP contribution is -2.28. The number of hydrogen-bond acceptors (Lipinski definition) is 5. The second kappa shape index (κ2) is 8.39. The van der Waals surface area contributed by atoms with E-state index in [4.69, 9.17) is 16.1 Å². The van der Waals surface area contributed by atoms with Gasteiger partial charge in [-0.2, -0.15) is 4.98 Å². The van der Waals surface area contributed by atoms with Crippen molar-refractivity contribution in [1.29, 1.82) is 0 Å². The molecule has 2 aromatic carbocycles. The zero-order chi connectivity index (χ0) is 22.2. The molecule has 0 unspecified atom stereocenters. The smallest absolute Gasteiger partial charge is 0.230 e. The molecule has 1 aromatic heterocycles. The number of aryl methyl sites for hydroxylation is 1. The summed E-state index contributed by atoms with van der Waals surface area (Å²) >= 11 is 6.15. The molecule has 1 aliphatic heterocycles. The van der Waals surface area contributed by atoms with Crippen molar-refractivity contribution in [3.8, 4) is 11.4 Å². The summed E-state index contributed by atoms with van der Waals surface area (Å²) in [6.45, 7) is 2.21. The molecule has 1 aliphatic carbocycles. The van der Waals surface area contributed by atoms with Crippen molar-refractivity contribution in [2.45, 2.75) is 38.5 Å². The number of halogens is 1. The molecule has 1 atom stereocenters. The van der Waals surface area contributed by atoms with Gasteiger partial charge < -0.3 is 14.7 Å². The largest absolute Gasteiger partial charge is 0.339 e. The Morgan fingerprint density at radius 3 is 2.81 bits per heavy atom. The molecule has 3 aromatic rings. The lowest BCUT2D eigenvalue weighted by atomic mass is 9.85. The highest BCUT2D eigenvalue weighted by Gasteiger charge is 2.35. The maximum Gasteiger partial charge on any atom is 0.230 e. The lowest BCUT2D eigenvalue weighted by molar-refractivity contribution is -0.122. The molecule has 0 radical (unpaired) electrons. The van der Waals surface area contributed by atoms with Crippen LogP contribution in [0.1, 0.15) is 43.1 Å². The molecule has 1 saturated heterocycles. The van der Waals surface area contributed by atoms with Crippen molar-refractivity contribution in [3.63, 3.8) is 0 Å². The van der Waals surface area contributed by atoms with Gasteiger partial charge in [-0.1, -0.05) is 41.4 Å². The van der Waals surface area contributed by atoms with E-state index < -0.39 is 5.92 Å². The van der Waals surface area contributed by atoms with Crippen LogP contribution in [0.4, 0.5) is 11.4 Å². The van der Waals surface area contributed by atoms with Gasteiger partial charge in [-0.25, -0.2) is 0 Å². The number of carbonyl (C=O) groups is 2. The molecule has 2 fully saturated rings. The Labute approximate surface area is 190 Å². The summed E-state index contributed by atoms with van der Waals surface area (Å²) in [5.41, 5.74) is 3.06. The standard InChI is InChI=1S/C24H23ClN4O3/c1-14-8-9-18(12-20(14)25)26-23(31)17-11-21(30)29(13-17)19-7-3-6-16(10-19)22-27-24(32-28-22)15-4-2-5-15/h3,6-10,12,15,17H,2,4-5,11,13H2,1H3,(H,26,31)/t17-/m1/s1. The van der Waals surface area contributed by atoms with Gasteiger partial charge in [0.1, 0.15) is 0 Å². The third-order valence-electron chi connectivity index (χ3n) is 6.25. The lowest BCUT2D eigenvalue weighted by Gasteiger charge is -2.20. The number of anilines is 2. The van der Waals surface area contributed by atoms with Gasteiger partial charge in [-0.3, -0.25) is 9.59 Å². The van der Waals surface area contributed by atoms with Gasteiger partial charge in [-0.05, 0) is 49.6 Å². The van der Waals surface area contributed by atoms with E-state index in [2.05, 4.69) is 15.5 Å². The third-order valence-corrected chi connectivity index (χ3v) is 6.65. The van der Waals surface area contributed by atoms with Gasteiger partial charge in [0.05, 0.1) is 5.92 Å². The summed E-state index contributed by atoms with van der Waals surface area (Å²) < 4.78 is 5.43. The number of rotatable bonds is 5. The van der Waals surface area contributed by atoms with Crippen LogP contribution in [-0.4, -0.2) is 28.5 Å². The van der Waals surface area contributed by atoms with Gasteiger partial charge >= 0.3 is 0 Å². The van der Waals surface area contributed by atoms with Crippen molar-refractivity contribution in [3.05, 3.63) is 58.9 Å². The van der Waals surface area contributed by atoms with Gasteiger partial charge in [0.25, 0.3) is 0 Å². The summed E-state index contributed by atoms with van der Waals surface area (Å²) in [5.74, 6) is 0.837. The minimum absolute atomic E-state index is 0.0903. The summed E-state index contributed by atoms with van der Waals surface area (Å²) in [6.07, 6.45) is 3.52. The van der Waals surface area contributed by atoms with Gasteiger partial charge in [-0.15, -0.1) is 0 Å². The summed E-state index contributed by atoms with van der Waals surface area (Å²) in [5, 5.41) is 7.57. The van der Waals surface area contributed by atoms with Crippen molar-refractivity contribution in [1.82, 2.24) is 10.1 Å². The molecular formula is C24H23ClN4O3. The number of hydrogen-bond donors (Lipinski definition) is 1. The number of amides is 2. The summed E-state index contributed by atoms with van der Waals surface area (Å²) in [4.78, 5) is 31.6. The van der Waals surface area contributed by atoms with Crippen LogP contribution in [0, 0.1) is 12.8 Å². The van der Waals surface area contributed by atoms with Gasteiger partial charge in [0, 0.05) is 40.8 Å². The second-order valence-corrected chi connectivity index (χ2v) is 8.90. The van der Waals surface area contributed by atoms with Crippen LogP contribution in [0.2, 0.25) is 5.02 Å². The molecule has 164 valence electrons. The average molecular weight is 451 g/mol. The molecule has 2 amide bonds. The average Bonchev–Trinajstić information content (AvgIpc) is 3.37. The molecule has 32 heavy (non-hydrogen) atoms. The molecule has 2 heterocycles. The normalized spacial score (nSPS) is 18.6. The monoisotopic (exact) mass is 450 g/mol. The van der Waals surface area contributed by atoms with Crippen LogP contribution >= 0.6 is 11.6 Å². The Morgan fingerprint density at radius 1 is 1.22 bits per heavy atom. The fourth-order valence-electron chi connectivity index (χ4n) is 4.03. The predicted octanol–water partition coefficient (Wildman–Crippen LogP) is 4.96. The first-order chi connectivity index (χ1) is 15.5. The number of nitrogens with one attached hydrogen (secondary N) is 1. The molecule has 2 aliphatic rings. The van der Waals surface area contributed by atoms with E-state index in [1.807, 2.05) is 37.3 Å². The first-order valence-corrected chi connectivity index (χ1v) is 11.2. The topological polar surface area (TPSA) is 88.3 Å². The van der Waals surface area contributed by atoms with E-state index in [1.54, 1.807) is 17.0 Å². The summed E-state index contributed by atoms with van der Waals surface area (Å²) in [6, 6.07) is 12.9. The molecule has 0 bridgehead atoms. The van der Waals surface area contributed by atoms with Crippen molar-refractivity contribution >= 4 is 34.8 Å². The Bertz CT molecular complexity index is 1190. The van der Waals surface area contributed by atoms with Gasteiger partial charge in [0.2, 0.25) is 23.5 Å². The van der Waals surface area contributed by atoms with E-state index in [1.165, 1.54) is 6.42 Å². The second-order valence-electron chi connectivity index (χ2n) is 8.49. The Morgan fingerprint density at radius 2 is 2.06 bits per heavy atom. The minimum Gasteiger partial charge on any atom is -0.339 e. The highest BCUT2D eigenvalue weighted by atomic mass is 35.5. The molecular weight excluding hydrogens is 428 g/mol. The maximum atomic E-state index is 12.8. The highest BCUT2D eigenvalue weighted by Crippen LogP contribution is 2.36. The highest BCUT2D eigenvalue weighted by molar-refractivity contribution is 6.31. The van der Waals surface area contributed by atoms with E-state index in [-0.39, 0.29) is 18.2 Å². The number of nitrogens with zero attached hydrogens (tertiary/aromatic N) is 3. The van der Waals surface area contributed by atoms with Crippen LogP contribution < -0.4 is 10.2 Å². The third kappa shape index (κ3) is 4.00. The minimum atomic E-state index is -0.443. The zero-order valence-electron chi connectivity index (χ0n) is 17.7. The number of aromatic nitrogens is 2. The van der Waals surface area contributed by atoms with Crippen molar-refractivity contribution in [2.24, 2.45) is 5.92 Å². The molecule has 1 saturated carbocycles. The molecule has 7 nitrogen and oxygen atoms in total. The molecule has 1 N–H and O–H groups in total. The van der Waals surface area contributed by atoms with Gasteiger partial charge in [0.15, 0.2) is 0 Å². The number of benzene rings is 2. The van der Waals surface area contributed by atoms with E-state index >= 15 is 0 Å². The van der Waals surface area contributed by atoms with E-state index in [9.17, 15) is 9.59 Å². The van der Waals surface area contributed by atoms with E-state index in [0.717, 1.165) is 29.7 Å². The molecule has 5 rings (SSSR count). The van der Waals surface area contributed by atoms with Crippen LogP contribution in [0.5, 0.6) is 0 Å². The maximum absolute atomic E-state index is 12.8. The van der Waals surface area contributed by atoms with Crippen molar-refractivity contribution in [2.75, 3.05) is 16.8 Å². The Kier molecular flexibility index (Phi) is 5.43. The van der Waals surface area contributed by atoms with E-state index in [0.29, 0.717) is 34.9 Å². The first-order valence-electron chi connectivity index (χ1n) is 10.8. The number of carbonyl (C=O) groups excluding carboxylic acids is 2. The fourth-order valence-corrected chi connectivity index (χ4v) is 4.21. The quantitative estimate of drug-likeness (QED) is 0.593. The first kappa shape index (κ1) is 20.7.